The summed E-state index contributed by atoms with van der Waals surface area (Å²) in [6.45, 7) is 6.44. The first-order chi connectivity index (χ1) is 21.5. The number of carbonyl (C=O) groups is 1. The number of hydrogen-bond acceptors (Lipinski definition) is 8. The number of hydrogen-bond donors (Lipinski definition) is 1. The molecule has 1 fully saturated rings. The number of nitro groups is 1. The summed E-state index contributed by atoms with van der Waals surface area (Å²) in [5, 5.41) is 19.0. The maximum absolute atomic E-state index is 14.6. The normalized spacial score (nSPS) is 15.3. The molecule has 13 nitrogen and oxygen atoms in total. The minimum Gasteiger partial charge on any atom is -0.369 e. The van der Waals surface area contributed by atoms with Crippen molar-refractivity contribution < 1.29 is 22.5 Å². The van der Waals surface area contributed by atoms with Gasteiger partial charge < -0.3 is 14.6 Å². The molecule has 5 aromatic rings. The second kappa shape index (κ2) is 11.4. The van der Waals surface area contributed by atoms with Gasteiger partial charge in [0.05, 0.1) is 26.8 Å². The first kappa shape index (κ1) is 29.9. The van der Waals surface area contributed by atoms with Crippen molar-refractivity contribution in [3.8, 4) is 0 Å². The molecule has 0 unspecified atom stereocenters. The maximum Gasteiger partial charge on any atom is 0.269 e. The van der Waals surface area contributed by atoms with E-state index in [1.165, 1.54) is 45.1 Å². The SMILES string of the molecule is C=CCN([C@@H]1CCN(c2ccc(C(=O)Nc3cc(F)c4nc(C)cn4c3)c3nn(C)cc23)C1)S(=O)(=O)c1ccc([N+](=O)[O-])cc1. The minimum absolute atomic E-state index is 0.0411. The monoisotopic (exact) mass is 632 g/mol. The maximum atomic E-state index is 14.6. The average molecular weight is 633 g/mol. The van der Waals surface area contributed by atoms with Crippen molar-refractivity contribution in [3.05, 3.63) is 101 Å². The molecule has 1 amide bonds. The molecule has 3 aromatic heterocycles. The fourth-order valence-electron chi connectivity index (χ4n) is 5.75. The van der Waals surface area contributed by atoms with E-state index in [9.17, 15) is 27.7 Å². The number of sulfonamides is 1. The molecule has 1 N–H and O–H groups in total. The van der Waals surface area contributed by atoms with Crippen molar-refractivity contribution in [1.82, 2.24) is 23.5 Å². The number of benzene rings is 2. The number of anilines is 2. The van der Waals surface area contributed by atoms with Crippen molar-refractivity contribution in [1.29, 1.82) is 0 Å². The molecule has 6 rings (SSSR count). The summed E-state index contributed by atoms with van der Waals surface area (Å²) >= 11 is 0. The van der Waals surface area contributed by atoms with Crippen LogP contribution >= 0.6 is 0 Å². The number of pyridine rings is 1. The Morgan fingerprint density at radius 3 is 2.69 bits per heavy atom. The van der Waals surface area contributed by atoms with Crippen molar-refractivity contribution in [2.45, 2.75) is 24.3 Å². The van der Waals surface area contributed by atoms with E-state index in [-0.39, 0.29) is 28.5 Å². The van der Waals surface area contributed by atoms with Gasteiger partial charge in [-0.3, -0.25) is 19.6 Å². The molecule has 0 saturated carbocycles. The van der Waals surface area contributed by atoms with Crippen LogP contribution in [-0.2, 0) is 17.1 Å². The van der Waals surface area contributed by atoms with Crippen molar-refractivity contribution in [3.63, 3.8) is 0 Å². The Hall–Kier alpha value is -5.15. The summed E-state index contributed by atoms with van der Waals surface area (Å²) in [5.74, 6) is -1.03. The first-order valence-corrected chi connectivity index (χ1v) is 15.4. The molecular weight excluding hydrogens is 603 g/mol. The number of fused-ring (bicyclic) bond motifs is 2. The number of halogens is 1. The zero-order valence-corrected chi connectivity index (χ0v) is 25.2. The van der Waals surface area contributed by atoms with Crippen molar-refractivity contribution in [2.75, 3.05) is 29.9 Å². The van der Waals surface area contributed by atoms with E-state index in [1.54, 1.807) is 49.4 Å². The number of nitrogens with zero attached hydrogens (tertiary/aromatic N) is 7. The number of imidazole rings is 1. The third-order valence-corrected chi connectivity index (χ3v) is 9.70. The van der Waals surface area contributed by atoms with Crippen molar-refractivity contribution in [2.24, 2.45) is 7.05 Å². The average Bonchev–Trinajstić information content (AvgIpc) is 3.73. The summed E-state index contributed by atoms with van der Waals surface area (Å²) in [7, 11) is -2.24. The lowest BCUT2D eigenvalue weighted by Gasteiger charge is -2.28. The Morgan fingerprint density at radius 1 is 1.22 bits per heavy atom. The lowest BCUT2D eigenvalue weighted by atomic mass is 10.1. The van der Waals surface area contributed by atoms with Crippen LogP contribution < -0.4 is 10.2 Å². The molecular formula is C30H29FN8O5S. The molecule has 1 atom stereocenters. The number of carbonyl (C=O) groups excluding carboxylic acids is 1. The highest BCUT2D eigenvalue weighted by atomic mass is 32.2. The van der Waals surface area contributed by atoms with E-state index < -0.39 is 32.7 Å². The number of rotatable bonds is 9. The van der Waals surface area contributed by atoms with Gasteiger partial charge in [-0.15, -0.1) is 6.58 Å². The predicted octanol–water partition coefficient (Wildman–Crippen LogP) is 4.28. The third kappa shape index (κ3) is 5.51. The van der Waals surface area contributed by atoms with Crippen LogP contribution in [0.2, 0.25) is 0 Å². The molecule has 0 spiro atoms. The first-order valence-electron chi connectivity index (χ1n) is 14.0. The third-order valence-electron chi connectivity index (χ3n) is 7.77. The van der Waals surface area contributed by atoms with Gasteiger partial charge in [0.1, 0.15) is 5.52 Å². The van der Waals surface area contributed by atoms with Gasteiger partial charge in [-0.2, -0.15) is 9.40 Å². The molecule has 2 aromatic carbocycles. The Morgan fingerprint density at radius 2 is 1.98 bits per heavy atom. The molecule has 232 valence electrons. The molecule has 4 heterocycles. The number of aryl methyl sites for hydroxylation is 2. The van der Waals surface area contributed by atoms with Crippen LogP contribution in [0.25, 0.3) is 16.6 Å². The predicted molar refractivity (Wildman–Crippen MR) is 166 cm³/mol. The molecule has 1 aliphatic heterocycles. The number of non-ortho nitro benzene ring substituents is 1. The number of nitro benzene ring substituents is 1. The summed E-state index contributed by atoms with van der Waals surface area (Å²) in [4.78, 5) is 30.0. The van der Waals surface area contributed by atoms with Crippen LogP contribution in [0.5, 0.6) is 0 Å². The zero-order valence-electron chi connectivity index (χ0n) is 24.4. The second-order valence-electron chi connectivity index (χ2n) is 10.8. The summed E-state index contributed by atoms with van der Waals surface area (Å²) < 4.78 is 46.3. The van der Waals surface area contributed by atoms with Crippen LogP contribution in [0.1, 0.15) is 22.5 Å². The molecule has 0 aliphatic carbocycles. The Kier molecular flexibility index (Phi) is 7.58. The summed E-state index contributed by atoms with van der Waals surface area (Å²) in [6.07, 6.45) is 7.08. The number of amides is 1. The zero-order chi connectivity index (χ0) is 32.0. The van der Waals surface area contributed by atoms with E-state index in [1.807, 2.05) is 4.90 Å². The van der Waals surface area contributed by atoms with Crippen molar-refractivity contribution >= 4 is 49.5 Å². The van der Waals surface area contributed by atoms with Gasteiger partial charge in [0.2, 0.25) is 10.0 Å². The van der Waals surface area contributed by atoms with E-state index in [0.29, 0.717) is 41.7 Å². The molecule has 1 aliphatic rings. The second-order valence-corrected chi connectivity index (χ2v) is 12.7. The van der Waals surface area contributed by atoms with Gasteiger partial charge in [0.15, 0.2) is 11.5 Å². The van der Waals surface area contributed by atoms with E-state index in [2.05, 4.69) is 22.0 Å². The highest BCUT2D eigenvalue weighted by molar-refractivity contribution is 7.89. The van der Waals surface area contributed by atoms with Gasteiger partial charge >= 0.3 is 0 Å². The number of aromatic nitrogens is 4. The fourth-order valence-corrected chi connectivity index (χ4v) is 7.37. The highest BCUT2D eigenvalue weighted by Crippen LogP contribution is 2.34. The van der Waals surface area contributed by atoms with E-state index in [4.69, 9.17) is 0 Å². The van der Waals surface area contributed by atoms with Gasteiger partial charge in [-0.1, -0.05) is 6.08 Å². The highest BCUT2D eigenvalue weighted by Gasteiger charge is 2.36. The van der Waals surface area contributed by atoms with Crippen LogP contribution in [0.15, 0.2) is 78.6 Å². The lowest BCUT2D eigenvalue weighted by molar-refractivity contribution is -0.384. The van der Waals surface area contributed by atoms with Crippen LogP contribution in [0.3, 0.4) is 0 Å². The van der Waals surface area contributed by atoms with Gasteiger partial charge in [-0.25, -0.2) is 17.8 Å². The topological polar surface area (TPSA) is 148 Å². The standard InChI is InChI=1S/C30H29FN8O5S/c1-4-12-38(45(43,44)23-7-5-21(6-8-23)39(41)42)22-11-13-36(17-22)27-10-9-24(28-25(27)18-35(3)34-28)30(40)33-20-14-26(31)29-32-19(2)15-37(29)16-20/h4-10,14-16,18,22H,1,11-13,17H2,2-3H3,(H,33,40)/t22-/m1/s1. The lowest BCUT2D eigenvalue weighted by Crippen LogP contribution is -2.42. The van der Waals surface area contributed by atoms with Gasteiger partial charge in [0, 0.05) is 80.6 Å². The van der Waals surface area contributed by atoms with Crippen LogP contribution in [0.4, 0.5) is 21.5 Å². The molecule has 0 bridgehead atoms. The summed E-state index contributed by atoms with van der Waals surface area (Å²) in [6, 6.07) is 9.08. The van der Waals surface area contributed by atoms with Gasteiger partial charge in [0.25, 0.3) is 11.6 Å². The fraction of sp³-hybridized carbons (Fsp3) is 0.233. The Bertz CT molecular complexity index is 2090. The smallest absolute Gasteiger partial charge is 0.269 e. The van der Waals surface area contributed by atoms with Crippen LogP contribution in [0, 0.1) is 22.9 Å². The largest absolute Gasteiger partial charge is 0.369 e. The van der Waals surface area contributed by atoms with E-state index in [0.717, 1.165) is 5.69 Å². The molecule has 45 heavy (non-hydrogen) atoms. The molecule has 1 saturated heterocycles. The molecule has 15 heteroatoms. The number of nitrogens with one attached hydrogen (secondary N) is 1. The van der Waals surface area contributed by atoms with E-state index >= 15 is 0 Å². The Balaban J connectivity index is 1.26. The van der Waals surface area contributed by atoms with Crippen LogP contribution in [-0.4, -0.2) is 68.4 Å². The quantitative estimate of drug-likeness (QED) is 0.144. The Labute approximate surface area is 257 Å². The molecule has 0 radical (unpaired) electrons. The summed E-state index contributed by atoms with van der Waals surface area (Å²) in [5.41, 5.74) is 2.38. The van der Waals surface area contributed by atoms with Gasteiger partial charge in [-0.05, 0) is 37.6 Å². The minimum atomic E-state index is -3.99.